The minimum atomic E-state index is -0.451. The lowest BCUT2D eigenvalue weighted by Crippen LogP contribution is -2.07. The first kappa shape index (κ1) is 13.5. The summed E-state index contributed by atoms with van der Waals surface area (Å²) in [5, 5.41) is 8.93. The van der Waals surface area contributed by atoms with Crippen LogP contribution in [0.4, 0.5) is 4.39 Å². The molecule has 0 fully saturated rings. The van der Waals surface area contributed by atoms with Crippen molar-refractivity contribution in [1.82, 2.24) is 14.8 Å². The van der Waals surface area contributed by atoms with Crippen molar-refractivity contribution in [1.29, 1.82) is 0 Å². The molecule has 0 amide bonds. The first-order valence-corrected chi connectivity index (χ1v) is 6.99. The van der Waals surface area contributed by atoms with Crippen LogP contribution >= 0.6 is 27.5 Å². The van der Waals surface area contributed by atoms with Crippen molar-refractivity contribution in [2.45, 2.75) is 25.2 Å². The second-order valence-corrected chi connectivity index (χ2v) is 5.13. The molecule has 0 atom stereocenters. The third-order valence-corrected chi connectivity index (χ3v) is 3.39. The van der Waals surface area contributed by atoms with Gasteiger partial charge in [-0.2, -0.15) is 0 Å². The Balaban J connectivity index is 2.56. The lowest BCUT2D eigenvalue weighted by atomic mass is 10.2. The van der Waals surface area contributed by atoms with Crippen LogP contribution in [-0.4, -0.2) is 14.8 Å². The summed E-state index contributed by atoms with van der Waals surface area (Å²) in [6.45, 7) is 4.07. The SMILES string of the molecule is CC(C)n1c(CBr)nnc1-c1ccc(Cl)c(F)c1. The molecule has 0 aliphatic rings. The van der Waals surface area contributed by atoms with Gasteiger partial charge in [0, 0.05) is 11.6 Å². The standard InChI is InChI=1S/C12H12BrClFN3/c1-7(2)18-11(6-13)16-17-12(18)8-3-4-9(14)10(15)5-8/h3-5,7H,6H2,1-2H3. The van der Waals surface area contributed by atoms with E-state index in [1.807, 2.05) is 18.4 Å². The lowest BCUT2D eigenvalue weighted by molar-refractivity contribution is 0.585. The fourth-order valence-corrected chi connectivity index (χ4v) is 2.29. The fraction of sp³-hybridized carbons (Fsp3) is 0.333. The minimum absolute atomic E-state index is 0.107. The van der Waals surface area contributed by atoms with E-state index < -0.39 is 5.82 Å². The number of hydrogen-bond donors (Lipinski definition) is 0. The summed E-state index contributed by atoms with van der Waals surface area (Å²) in [6.07, 6.45) is 0. The predicted octanol–water partition coefficient (Wildman–Crippen LogP) is 4.21. The number of halogens is 3. The van der Waals surface area contributed by atoms with E-state index in [-0.39, 0.29) is 11.1 Å². The Morgan fingerprint density at radius 1 is 1.39 bits per heavy atom. The monoisotopic (exact) mass is 331 g/mol. The summed E-state index contributed by atoms with van der Waals surface area (Å²) in [5.41, 5.74) is 0.672. The minimum Gasteiger partial charge on any atom is -0.308 e. The van der Waals surface area contributed by atoms with E-state index in [4.69, 9.17) is 11.6 Å². The molecule has 2 rings (SSSR count). The van der Waals surface area contributed by atoms with E-state index in [0.29, 0.717) is 16.7 Å². The zero-order chi connectivity index (χ0) is 13.3. The Morgan fingerprint density at radius 2 is 2.11 bits per heavy atom. The molecule has 18 heavy (non-hydrogen) atoms. The maximum Gasteiger partial charge on any atom is 0.164 e. The van der Waals surface area contributed by atoms with E-state index in [1.165, 1.54) is 12.1 Å². The molecule has 3 nitrogen and oxygen atoms in total. The van der Waals surface area contributed by atoms with Crippen LogP contribution in [0, 0.1) is 5.82 Å². The van der Waals surface area contributed by atoms with Gasteiger partial charge in [-0.05, 0) is 32.0 Å². The highest BCUT2D eigenvalue weighted by molar-refractivity contribution is 9.08. The van der Waals surface area contributed by atoms with Gasteiger partial charge in [-0.1, -0.05) is 27.5 Å². The summed E-state index contributed by atoms with van der Waals surface area (Å²) < 4.78 is 15.5. The van der Waals surface area contributed by atoms with Gasteiger partial charge in [0.1, 0.15) is 11.6 Å². The maximum absolute atomic E-state index is 13.5. The molecule has 0 aliphatic heterocycles. The van der Waals surface area contributed by atoms with Gasteiger partial charge in [0.2, 0.25) is 0 Å². The van der Waals surface area contributed by atoms with Crippen molar-refractivity contribution < 1.29 is 4.39 Å². The number of aromatic nitrogens is 3. The van der Waals surface area contributed by atoms with Gasteiger partial charge in [-0.15, -0.1) is 10.2 Å². The molecule has 6 heteroatoms. The van der Waals surface area contributed by atoms with Gasteiger partial charge in [-0.25, -0.2) is 4.39 Å². The Bertz CT molecular complexity index is 568. The number of rotatable bonds is 3. The van der Waals surface area contributed by atoms with Crippen LogP contribution in [-0.2, 0) is 5.33 Å². The molecular weight excluding hydrogens is 321 g/mol. The normalized spacial score (nSPS) is 11.2. The van der Waals surface area contributed by atoms with E-state index in [1.54, 1.807) is 6.07 Å². The molecule has 0 saturated heterocycles. The van der Waals surface area contributed by atoms with Gasteiger partial charge < -0.3 is 4.57 Å². The van der Waals surface area contributed by atoms with Crippen molar-refractivity contribution in [3.63, 3.8) is 0 Å². The van der Waals surface area contributed by atoms with Crippen LogP contribution in [0.1, 0.15) is 25.7 Å². The number of nitrogens with zero attached hydrogens (tertiary/aromatic N) is 3. The van der Waals surface area contributed by atoms with E-state index >= 15 is 0 Å². The topological polar surface area (TPSA) is 30.7 Å². The molecule has 0 aliphatic carbocycles. The first-order valence-electron chi connectivity index (χ1n) is 5.49. The molecule has 0 saturated carbocycles. The van der Waals surface area contributed by atoms with Crippen LogP contribution < -0.4 is 0 Å². The third-order valence-electron chi connectivity index (χ3n) is 2.58. The highest BCUT2D eigenvalue weighted by atomic mass is 79.9. The molecule has 1 aromatic carbocycles. The smallest absolute Gasteiger partial charge is 0.164 e. The molecule has 0 unspecified atom stereocenters. The Kier molecular flexibility index (Phi) is 4.02. The first-order chi connectivity index (χ1) is 8.54. The van der Waals surface area contributed by atoms with Crippen molar-refractivity contribution in [3.05, 3.63) is 34.9 Å². The molecule has 0 spiro atoms. The number of benzene rings is 1. The van der Waals surface area contributed by atoms with Crippen molar-refractivity contribution in [2.75, 3.05) is 0 Å². The quantitative estimate of drug-likeness (QED) is 0.788. The van der Waals surface area contributed by atoms with Crippen LogP contribution in [0.2, 0.25) is 5.02 Å². The number of hydrogen-bond acceptors (Lipinski definition) is 2. The Morgan fingerprint density at radius 3 is 2.67 bits per heavy atom. The average molecular weight is 333 g/mol. The van der Waals surface area contributed by atoms with Crippen LogP contribution in [0.3, 0.4) is 0 Å². The fourth-order valence-electron chi connectivity index (χ4n) is 1.79. The summed E-state index contributed by atoms with van der Waals surface area (Å²) in [6, 6.07) is 4.84. The zero-order valence-corrected chi connectivity index (χ0v) is 12.3. The van der Waals surface area contributed by atoms with Gasteiger partial charge in [0.15, 0.2) is 5.82 Å². The van der Waals surface area contributed by atoms with Crippen LogP contribution in [0.5, 0.6) is 0 Å². The number of alkyl halides is 1. The van der Waals surface area contributed by atoms with Gasteiger partial charge in [-0.3, -0.25) is 0 Å². The van der Waals surface area contributed by atoms with E-state index in [9.17, 15) is 4.39 Å². The second kappa shape index (κ2) is 5.36. The summed E-state index contributed by atoms with van der Waals surface area (Å²) in [5.74, 6) is 1.01. The van der Waals surface area contributed by atoms with Crippen molar-refractivity contribution >= 4 is 27.5 Å². The summed E-state index contributed by atoms with van der Waals surface area (Å²) >= 11 is 9.05. The van der Waals surface area contributed by atoms with Crippen LogP contribution in [0.15, 0.2) is 18.2 Å². The van der Waals surface area contributed by atoms with Crippen molar-refractivity contribution in [3.8, 4) is 11.4 Å². The highest BCUT2D eigenvalue weighted by Crippen LogP contribution is 2.26. The van der Waals surface area contributed by atoms with E-state index in [2.05, 4.69) is 26.1 Å². The predicted molar refractivity (Wildman–Crippen MR) is 73.4 cm³/mol. The van der Waals surface area contributed by atoms with Gasteiger partial charge >= 0.3 is 0 Å². The molecule has 1 aromatic heterocycles. The Labute approximate surface area is 118 Å². The molecular formula is C12H12BrClFN3. The summed E-state index contributed by atoms with van der Waals surface area (Å²) in [7, 11) is 0. The third kappa shape index (κ3) is 2.42. The second-order valence-electron chi connectivity index (χ2n) is 4.17. The maximum atomic E-state index is 13.5. The zero-order valence-electron chi connectivity index (χ0n) is 9.99. The van der Waals surface area contributed by atoms with Gasteiger partial charge in [0.05, 0.1) is 10.4 Å². The van der Waals surface area contributed by atoms with Gasteiger partial charge in [0.25, 0.3) is 0 Å². The molecule has 0 bridgehead atoms. The summed E-state index contributed by atoms with van der Waals surface area (Å²) in [4.78, 5) is 0. The molecule has 2 aromatic rings. The van der Waals surface area contributed by atoms with E-state index in [0.717, 1.165) is 5.82 Å². The van der Waals surface area contributed by atoms with Crippen LogP contribution in [0.25, 0.3) is 11.4 Å². The molecule has 1 heterocycles. The lowest BCUT2D eigenvalue weighted by Gasteiger charge is -2.13. The molecule has 0 N–H and O–H groups in total. The average Bonchev–Trinajstić information content (AvgIpc) is 2.76. The Hall–Kier alpha value is -0.940. The molecule has 96 valence electrons. The van der Waals surface area contributed by atoms with Crippen molar-refractivity contribution in [2.24, 2.45) is 0 Å². The largest absolute Gasteiger partial charge is 0.308 e. The molecule has 0 radical (unpaired) electrons. The highest BCUT2D eigenvalue weighted by Gasteiger charge is 2.16.